The van der Waals surface area contributed by atoms with Crippen LogP contribution in [0.3, 0.4) is 0 Å². The number of hydrogen-bond acceptors (Lipinski definition) is 3. The van der Waals surface area contributed by atoms with Crippen LogP contribution in [0.1, 0.15) is 9.67 Å². The molecule has 2 aromatic heterocycles. The lowest BCUT2D eigenvalue weighted by atomic mass is 10.2. The van der Waals surface area contributed by atoms with Crippen molar-refractivity contribution in [3.8, 4) is 5.69 Å². The van der Waals surface area contributed by atoms with Gasteiger partial charge >= 0.3 is 0 Å². The number of thiophene rings is 1. The number of carbonyl (C=O) groups is 1. The van der Waals surface area contributed by atoms with Gasteiger partial charge in [0.25, 0.3) is 5.91 Å². The van der Waals surface area contributed by atoms with Crippen molar-refractivity contribution < 1.29 is 4.79 Å². The number of anilines is 1. The van der Waals surface area contributed by atoms with Crippen LogP contribution in [0, 0.1) is 0 Å². The molecule has 0 fully saturated rings. The average molecular weight is 348 g/mol. The van der Waals surface area contributed by atoms with Crippen molar-refractivity contribution in [1.29, 1.82) is 0 Å². The topological polar surface area (TPSA) is 46.9 Å². The average Bonchev–Trinajstić information content (AvgIpc) is 3.10. The van der Waals surface area contributed by atoms with Gasteiger partial charge in [-0.25, -0.2) is 4.98 Å². The fourth-order valence-corrected chi connectivity index (χ4v) is 3.29. The molecule has 0 aliphatic rings. The highest BCUT2D eigenvalue weighted by Gasteiger charge is 2.13. The van der Waals surface area contributed by atoms with Crippen molar-refractivity contribution >= 4 is 38.9 Å². The molecule has 6 heteroatoms. The van der Waals surface area contributed by atoms with Crippen LogP contribution >= 0.6 is 27.3 Å². The molecule has 0 aliphatic carbocycles. The van der Waals surface area contributed by atoms with Crippen molar-refractivity contribution in [1.82, 2.24) is 9.55 Å². The van der Waals surface area contributed by atoms with E-state index >= 15 is 0 Å². The van der Waals surface area contributed by atoms with Crippen molar-refractivity contribution in [2.75, 3.05) is 5.32 Å². The van der Waals surface area contributed by atoms with Crippen LogP contribution in [-0.4, -0.2) is 15.5 Å². The molecule has 4 nitrogen and oxygen atoms in total. The number of nitrogens with one attached hydrogen (secondary N) is 1. The number of hydrogen-bond donors (Lipinski definition) is 1. The summed E-state index contributed by atoms with van der Waals surface area (Å²) in [5, 5.41) is 4.81. The number of amides is 1. The number of carbonyl (C=O) groups excluding carboxylic acids is 1. The molecule has 0 saturated heterocycles. The molecular formula is C14H10BrN3OS. The largest absolute Gasteiger partial charge is 0.319 e. The minimum absolute atomic E-state index is 0.126. The third-order valence-electron chi connectivity index (χ3n) is 2.76. The highest BCUT2D eigenvalue weighted by atomic mass is 79.9. The van der Waals surface area contributed by atoms with E-state index in [0.717, 1.165) is 15.8 Å². The molecule has 100 valence electrons. The Morgan fingerprint density at radius 2 is 2.15 bits per heavy atom. The van der Waals surface area contributed by atoms with Gasteiger partial charge in [0, 0.05) is 16.9 Å². The van der Waals surface area contributed by atoms with E-state index in [1.165, 1.54) is 11.3 Å². The molecule has 0 atom stereocenters. The molecule has 20 heavy (non-hydrogen) atoms. The van der Waals surface area contributed by atoms with Gasteiger partial charge in [0.15, 0.2) is 0 Å². The smallest absolute Gasteiger partial charge is 0.266 e. The molecule has 0 saturated carbocycles. The van der Waals surface area contributed by atoms with Crippen LogP contribution in [0.25, 0.3) is 5.69 Å². The number of imidazole rings is 1. The van der Waals surface area contributed by atoms with E-state index in [1.54, 1.807) is 12.5 Å². The summed E-state index contributed by atoms with van der Waals surface area (Å²) in [4.78, 5) is 16.9. The molecule has 0 spiro atoms. The van der Waals surface area contributed by atoms with Crippen LogP contribution in [0.15, 0.2) is 58.9 Å². The Bertz CT molecular complexity index is 736. The molecule has 2 heterocycles. The molecule has 0 bridgehead atoms. The zero-order valence-corrected chi connectivity index (χ0v) is 12.7. The lowest BCUT2D eigenvalue weighted by molar-refractivity contribution is 0.103. The first-order chi connectivity index (χ1) is 9.75. The summed E-state index contributed by atoms with van der Waals surface area (Å²) in [6, 6.07) is 9.47. The van der Waals surface area contributed by atoms with Gasteiger partial charge in [-0.2, -0.15) is 0 Å². The van der Waals surface area contributed by atoms with E-state index in [2.05, 4.69) is 26.2 Å². The van der Waals surface area contributed by atoms with E-state index < -0.39 is 0 Å². The summed E-state index contributed by atoms with van der Waals surface area (Å²) < 4.78 is 2.67. The summed E-state index contributed by atoms with van der Waals surface area (Å²) >= 11 is 4.77. The number of rotatable bonds is 3. The highest BCUT2D eigenvalue weighted by molar-refractivity contribution is 9.10. The Kier molecular flexibility index (Phi) is 3.66. The third-order valence-corrected chi connectivity index (χ3v) is 4.59. The lowest BCUT2D eigenvalue weighted by Gasteiger charge is -2.11. The van der Waals surface area contributed by atoms with Gasteiger partial charge in [-0.15, -0.1) is 11.3 Å². The Labute approximate surface area is 128 Å². The number of halogens is 1. The molecule has 3 aromatic rings. The van der Waals surface area contributed by atoms with Gasteiger partial charge < -0.3 is 9.88 Å². The minimum Gasteiger partial charge on any atom is -0.319 e. The summed E-state index contributed by atoms with van der Waals surface area (Å²) in [6.45, 7) is 0. The molecule has 0 unspecified atom stereocenters. The van der Waals surface area contributed by atoms with Gasteiger partial charge in [-0.05, 0) is 39.5 Å². The molecule has 0 aliphatic heterocycles. The standard InChI is InChI=1S/C14H10BrN3OS/c15-10-5-8-20-13(10)14(19)17-11-3-1-2-4-12(11)18-7-6-16-9-18/h1-9H,(H,17,19). The maximum absolute atomic E-state index is 12.3. The fourth-order valence-electron chi connectivity index (χ4n) is 1.84. The molecule has 1 aromatic carbocycles. The number of benzene rings is 1. The maximum Gasteiger partial charge on any atom is 0.266 e. The normalized spacial score (nSPS) is 10.4. The second-order valence-electron chi connectivity index (χ2n) is 4.04. The van der Waals surface area contributed by atoms with Crippen LogP contribution in [0.2, 0.25) is 0 Å². The van der Waals surface area contributed by atoms with Crippen LogP contribution in [-0.2, 0) is 0 Å². The van der Waals surface area contributed by atoms with Crippen LogP contribution in [0.4, 0.5) is 5.69 Å². The molecule has 1 N–H and O–H groups in total. The number of para-hydroxylation sites is 2. The zero-order chi connectivity index (χ0) is 13.9. The minimum atomic E-state index is -0.126. The predicted molar refractivity (Wildman–Crippen MR) is 83.5 cm³/mol. The first-order valence-electron chi connectivity index (χ1n) is 5.87. The first-order valence-corrected chi connectivity index (χ1v) is 7.54. The van der Waals surface area contributed by atoms with E-state index in [0.29, 0.717) is 4.88 Å². The van der Waals surface area contributed by atoms with Gasteiger partial charge in [-0.1, -0.05) is 12.1 Å². The molecular weight excluding hydrogens is 338 g/mol. The number of aromatic nitrogens is 2. The monoisotopic (exact) mass is 347 g/mol. The van der Waals surface area contributed by atoms with Crippen molar-refractivity contribution in [2.45, 2.75) is 0 Å². The van der Waals surface area contributed by atoms with E-state index in [1.807, 2.05) is 46.5 Å². The van der Waals surface area contributed by atoms with E-state index in [-0.39, 0.29) is 5.91 Å². The van der Waals surface area contributed by atoms with Crippen molar-refractivity contribution in [3.05, 3.63) is 63.8 Å². The molecule has 0 radical (unpaired) electrons. The first kappa shape index (κ1) is 13.1. The molecule has 3 rings (SSSR count). The Morgan fingerprint density at radius 1 is 1.30 bits per heavy atom. The zero-order valence-electron chi connectivity index (χ0n) is 10.3. The summed E-state index contributed by atoms with van der Waals surface area (Å²) in [5.74, 6) is -0.126. The second-order valence-corrected chi connectivity index (χ2v) is 5.81. The predicted octanol–water partition coefficient (Wildman–Crippen LogP) is 3.95. The second kappa shape index (κ2) is 5.60. The maximum atomic E-state index is 12.3. The summed E-state index contributed by atoms with van der Waals surface area (Å²) in [6.07, 6.45) is 5.24. The molecule has 1 amide bonds. The van der Waals surface area contributed by atoms with Crippen LogP contribution in [0.5, 0.6) is 0 Å². The van der Waals surface area contributed by atoms with Gasteiger partial charge in [0.2, 0.25) is 0 Å². The van der Waals surface area contributed by atoms with Gasteiger partial charge in [-0.3, -0.25) is 4.79 Å². The summed E-state index contributed by atoms with van der Waals surface area (Å²) in [7, 11) is 0. The van der Waals surface area contributed by atoms with E-state index in [9.17, 15) is 4.79 Å². The third kappa shape index (κ3) is 2.52. The van der Waals surface area contributed by atoms with Gasteiger partial charge in [0.1, 0.15) is 4.88 Å². The quantitative estimate of drug-likeness (QED) is 0.779. The van der Waals surface area contributed by atoms with Gasteiger partial charge in [0.05, 0.1) is 17.7 Å². The van der Waals surface area contributed by atoms with Crippen LogP contribution < -0.4 is 5.32 Å². The Hall–Kier alpha value is -1.92. The Morgan fingerprint density at radius 3 is 2.85 bits per heavy atom. The number of nitrogens with zero attached hydrogens (tertiary/aromatic N) is 2. The highest BCUT2D eigenvalue weighted by Crippen LogP contribution is 2.25. The SMILES string of the molecule is O=C(Nc1ccccc1-n1ccnc1)c1sccc1Br. The van der Waals surface area contributed by atoms with Crippen molar-refractivity contribution in [2.24, 2.45) is 0 Å². The Balaban J connectivity index is 1.92. The van der Waals surface area contributed by atoms with Crippen molar-refractivity contribution in [3.63, 3.8) is 0 Å². The fraction of sp³-hybridized carbons (Fsp3) is 0. The summed E-state index contributed by atoms with van der Waals surface area (Å²) in [5.41, 5.74) is 1.63. The lowest BCUT2D eigenvalue weighted by Crippen LogP contribution is -2.12. The van der Waals surface area contributed by atoms with E-state index in [4.69, 9.17) is 0 Å².